The highest BCUT2D eigenvalue weighted by Gasteiger charge is 2.32. The number of carbonyl (C=O) groups is 1. The summed E-state index contributed by atoms with van der Waals surface area (Å²) < 4.78 is 62.6. The molecule has 1 amide bonds. The Labute approximate surface area is 154 Å². The van der Waals surface area contributed by atoms with Crippen molar-refractivity contribution in [1.82, 2.24) is 9.97 Å². The van der Waals surface area contributed by atoms with Gasteiger partial charge in [-0.2, -0.15) is 13.2 Å². The van der Waals surface area contributed by atoms with E-state index in [0.717, 1.165) is 17.0 Å². The van der Waals surface area contributed by atoms with Crippen LogP contribution in [0.3, 0.4) is 0 Å². The summed E-state index contributed by atoms with van der Waals surface area (Å²) in [7, 11) is -3.74. The first-order valence-corrected chi connectivity index (χ1v) is 9.40. The Balaban J connectivity index is 2.50. The molecule has 2 heterocycles. The summed E-state index contributed by atoms with van der Waals surface area (Å²) in [6.07, 6.45) is -1.37. The third kappa shape index (κ3) is 4.51. The van der Waals surface area contributed by atoms with Crippen LogP contribution in [0.25, 0.3) is 0 Å². The zero-order valence-corrected chi connectivity index (χ0v) is 15.1. The molecule has 0 saturated carbocycles. The summed E-state index contributed by atoms with van der Waals surface area (Å²) in [6, 6.07) is 4.45. The van der Waals surface area contributed by atoms with E-state index in [0.29, 0.717) is 6.20 Å². The molecule has 0 aromatic carbocycles. The highest BCUT2D eigenvalue weighted by atomic mass is 32.2. The van der Waals surface area contributed by atoms with Crippen molar-refractivity contribution < 1.29 is 26.4 Å². The second kappa shape index (κ2) is 7.87. The van der Waals surface area contributed by atoms with Crippen molar-refractivity contribution in [3.05, 3.63) is 60.6 Å². The molecule has 0 bridgehead atoms. The second-order valence-electron chi connectivity index (χ2n) is 5.36. The van der Waals surface area contributed by atoms with Crippen molar-refractivity contribution >= 4 is 21.6 Å². The highest BCUT2D eigenvalue weighted by molar-refractivity contribution is 7.91. The number of nitrogens with zero attached hydrogens (tertiary/aromatic N) is 3. The van der Waals surface area contributed by atoms with Crippen LogP contribution in [0.15, 0.2) is 54.2 Å². The smallest absolute Gasteiger partial charge is 0.287 e. The normalized spacial score (nSPS) is 11.9. The van der Waals surface area contributed by atoms with Crippen LogP contribution in [0.1, 0.15) is 23.0 Å². The lowest BCUT2D eigenvalue weighted by Gasteiger charge is -2.21. The Bertz CT molecular complexity index is 942. The quantitative estimate of drug-likeness (QED) is 0.698. The van der Waals surface area contributed by atoms with E-state index in [1.54, 1.807) is 0 Å². The minimum Gasteiger partial charge on any atom is -0.287 e. The van der Waals surface area contributed by atoms with E-state index in [2.05, 4.69) is 16.5 Å². The number of alkyl halides is 3. The van der Waals surface area contributed by atoms with Crippen molar-refractivity contribution in [2.24, 2.45) is 0 Å². The summed E-state index contributed by atoms with van der Waals surface area (Å²) in [5.41, 5.74) is -1.30. The van der Waals surface area contributed by atoms with Gasteiger partial charge in [0.15, 0.2) is 9.84 Å². The molecule has 6 nitrogen and oxygen atoms in total. The summed E-state index contributed by atoms with van der Waals surface area (Å²) in [5, 5.41) is 0. The fourth-order valence-electron chi connectivity index (χ4n) is 2.21. The maximum Gasteiger partial charge on any atom is 0.417 e. The van der Waals surface area contributed by atoms with Gasteiger partial charge >= 0.3 is 6.18 Å². The number of carbonyl (C=O) groups excluding carboxylic acids is 1. The van der Waals surface area contributed by atoms with E-state index in [4.69, 9.17) is 0 Å². The second-order valence-corrected chi connectivity index (χ2v) is 7.61. The number of aromatic nitrogens is 2. The SMILES string of the molecule is C=CCN(C(=O)c1ncccc1S(=O)(=O)CC)c1ccc(C(F)(F)F)cn1. The van der Waals surface area contributed by atoms with Gasteiger partial charge in [-0.05, 0) is 24.3 Å². The third-order valence-electron chi connectivity index (χ3n) is 3.60. The van der Waals surface area contributed by atoms with Crippen LogP contribution in [-0.2, 0) is 16.0 Å². The van der Waals surface area contributed by atoms with Crippen LogP contribution in [0.2, 0.25) is 0 Å². The van der Waals surface area contributed by atoms with E-state index < -0.39 is 27.5 Å². The maximum absolute atomic E-state index is 12.9. The number of hydrogen-bond acceptors (Lipinski definition) is 5. The molecule has 0 saturated heterocycles. The molecule has 0 radical (unpaired) electrons. The molecule has 10 heteroatoms. The molecule has 0 fully saturated rings. The molecule has 27 heavy (non-hydrogen) atoms. The summed E-state index contributed by atoms with van der Waals surface area (Å²) in [6.45, 7) is 4.83. The van der Waals surface area contributed by atoms with E-state index >= 15 is 0 Å². The maximum atomic E-state index is 12.9. The van der Waals surface area contributed by atoms with Gasteiger partial charge in [0.2, 0.25) is 0 Å². The Kier molecular flexibility index (Phi) is 5.99. The van der Waals surface area contributed by atoms with Gasteiger partial charge in [0, 0.05) is 18.9 Å². The standard InChI is InChI=1S/C17H16F3N3O3S/c1-3-10-23(14-8-7-12(11-22-14)17(18,19)20)16(24)15-13(6-5-9-21-15)27(25,26)4-2/h3,5-9,11H,1,4,10H2,2H3. The number of anilines is 1. The summed E-state index contributed by atoms with van der Waals surface area (Å²) in [5.74, 6) is -1.13. The van der Waals surface area contributed by atoms with E-state index in [1.165, 1.54) is 31.3 Å². The van der Waals surface area contributed by atoms with Gasteiger partial charge in [-0.3, -0.25) is 9.69 Å². The fraction of sp³-hybridized carbons (Fsp3) is 0.235. The highest BCUT2D eigenvalue weighted by Crippen LogP contribution is 2.29. The number of hydrogen-bond donors (Lipinski definition) is 0. The van der Waals surface area contributed by atoms with Crippen LogP contribution in [0.4, 0.5) is 19.0 Å². The van der Waals surface area contributed by atoms with Gasteiger partial charge in [0.1, 0.15) is 11.5 Å². The van der Waals surface area contributed by atoms with Crippen LogP contribution in [0, 0.1) is 0 Å². The monoisotopic (exact) mass is 399 g/mol. The van der Waals surface area contributed by atoms with Crippen LogP contribution in [-0.4, -0.2) is 36.6 Å². The minimum absolute atomic E-state index is 0.0848. The Hall–Kier alpha value is -2.75. The van der Waals surface area contributed by atoms with Gasteiger partial charge < -0.3 is 0 Å². The average Bonchev–Trinajstić information content (AvgIpc) is 2.65. The number of halogens is 3. The first-order valence-electron chi connectivity index (χ1n) is 7.75. The van der Waals surface area contributed by atoms with Gasteiger partial charge in [0.25, 0.3) is 5.91 Å². The molecule has 0 aliphatic rings. The van der Waals surface area contributed by atoms with E-state index in [-0.39, 0.29) is 28.7 Å². The fourth-order valence-corrected chi connectivity index (χ4v) is 3.24. The average molecular weight is 399 g/mol. The predicted octanol–water partition coefficient (Wildman–Crippen LogP) is 3.12. The molecule has 0 aliphatic carbocycles. The molecule has 0 N–H and O–H groups in total. The first kappa shape index (κ1) is 20.6. The van der Waals surface area contributed by atoms with Gasteiger partial charge in [0.05, 0.1) is 16.2 Å². The zero-order chi connectivity index (χ0) is 20.2. The largest absolute Gasteiger partial charge is 0.417 e. The molecule has 144 valence electrons. The van der Waals surface area contributed by atoms with Crippen molar-refractivity contribution in [2.75, 3.05) is 17.2 Å². The first-order chi connectivity index (χ1) is 12.6. The summed E-state index contributed by atoms with van der Waals surface area (Å²) >= 11 is 0. The number of sulfone groups is 1. The Morgan fingerprint density at radius 3 is 2.48 bits per heavy atom. The van der Waals surface area contributed by atoms with Crippen molar-refractivity contribution in [3.8, 4) is 0 Å². The molecular formula is C17H16F3N3O3S. The molecule has 2 aromatic heterocycles. The molecular weight excluding hydrogens is 383 g/mol. The minimum atomic E-state index is -4.57. The molecule has 0 aliphatic heterocycles. The topological polar surface area (TPSA) is 80.2 Å². The van der Waals surface area contributed by atoms with Crippen molar-refractivity contribution in [1.29, 1.82) is 0 Å². The third-order valence-corrected chi connectivity index (χ3v) is 5.36. The molecule has 0 atom stereocenters. The molecule has 0 unspecified atom stereocenters. The molecule has 0 spiro atoms. The zero-order valence-electron chi connectivity index (χ0n) is 14.3. The molecule has 2 aromatic rings. The lowest BCUT2D eigenvalue weighted by atomic mass is 10.2. The number of rotatable bonds is 6. The molecule has 2 rings (SSSR count). The lowest BCUT2D eigenvalue weighted by molar-refractivity contribution is -0.137. The van der Waals surface area contributed by atoms with Crippen LogP contribution >= 0.6 is 0 Å². The number of pyridine rings is 2. The Morgan fingerprint density at radius 2 is 1.96 bits per heavy atom. The van der Waals surface area contributed by atoms with E-state index in [1.807, 2.05) is 0 Å². The van der Waals surface area contributed by atoms with Crippen LogP contribution < -0.4 is 4.90 Å². The van der Waals surface area contributed by atoms with Crippen molar-refractivity contribution in [3.63, 3.8) is 0 Å². The van der Waals surface area contributed by atoms with Gasteiger partial charge in [-0.25, -0.2) is 18.4 Å². The predicted molar refractivity (Wildman–Crippen MR) is 93.1 cm³/mol. The lowest BCUT2D eigenvalue weighted by Crippen LogP contribution is -2.33. The van der Waals surface area contributed by atoms with E-state index in [9.17, 15) is 26.4 Å². The Morgan fingerprint density at radius 1 is 1.26 bits per heavy atom. The van der Waals surface area contributed by atoms with Gasteiger partial charge in [-0.15, -0.1) is 6.58 Å². The van der Waals surface area contributed by atoms with Crippen LogP contribution in [0.5, 0.6) is 0 Å². The van der Waals surface area contributed by atoms with Crippen molar-refractivity contribution in [2.45, 2.75) is 18.0 Å². The number of amides is 1. The van der Waals surface area contributed by atoms with Gasteiger partial charge in [-0.1, -0.05) is 13.0 Å². The summed E-state index contributed by atoms with van der Waals surface area (Å²) in [4.78, 5) is 21.2.